The van der Waals surface area contributed by atoms with Crippen LogP contribution in [0.1, 0.15) is 25.2 Å². The molecule has 0 radical (unpaired) electrons. The smallest absolute Gasteiger partial charge is 0.0593 e. The van der Waals surface area contributed by atoms with E-state index in [0.29, 0.717) is 0 Å². The minimum Gasteiger partial charge on any atom is -0.380 e. The summed E-state index contributed by atoms with van der Waals surface area (Å²) in [7, 11) is 1.94. The van der Waals surface area contributed by atoms with Gasteiger partial charge in [-0.2, -0.15) is 0 Å². The summed E-state index contributed by atoms with van der Waals surface area (Å²) in [6.45, 7) is 9.46. The van der Waals surface area contributed by atoms with Crippen molar-refractivity contribution in [1.82, 2.24) is 15.2 Å². The Kier molecular flexibility index (Phi) is 7.57. The second-order valence-electron chi connectivity index (χ2n) is 4.22. The maximum absolute atomic E-state index is 5.39. The molecule has 0 atom stereocenters. The fourth-order valence-corrected chi connectivity index (χ4v) is 1.81. The first-order valence-corrected chi connectivity index (χ1v) is 6.69. The molecule has 0 saturated heterocycles. The van der Waals surface area contributed by atoms with Crippen molar-refractivity contribution < 1.29 is 4.74 Å². The first-order valence-electron chi connectivity index (χ1n) is 6.69. The Hall–Kier alpha value is -0.970. The zero-order valence-electron chi connectivity index (χ0n) is 11.8. The molecule has 4 nitrogen and oxygen atoms in total. The molecule has 0 aromatic carbocycles. The minimum absolute atomic E-state index is 0.785. The van der Waals surface area contributed by atoms with E-state index < -0.39 is 0 Å². The maximum atomic E-state index is 5.39. The Morgan fingerprint density at radius 2 is 2.06 bits per heavy atom. The van der Waals surface area contributed by atoms with E-state index in [9.17, 15) is 0 Å². The molecule has 102 valence electrons. The molecule has 0 unspecified atom stereocenters. The van der Waals surface area contributed by atoms with Crippen LogP contribution < -0.4 is 5.32 Å². The van der Waals surface area contributed by atoms with Gasteiger partial charge in [-0.05, 0) is 32.6 Å². The summed E-state index contributed by atoms with van der Waals surface area (Å²) in [5.74, 6) is 0. The number of nitrogens with zero attached hydrogens (tertiary/aromatic N) is 2. The third-order valence-electron chi connectivity index (χ3n) is 2.81. The van der Waals surface area contributed by atoms with Crippen LogP contribution >= 0.6 is 0 Å². The van der Waals surface area contributed by atoms with Crippen molar-refractivity contribution in [2.24, 2.45) is 0 Å². The van der Waals surface area contributed by atoms with E-state index in [1.807, 2.05) is 14.0 Å². The van der Waals surface area contributed by atoms with Crippen molar-refractivity contribution in [1.29, 1.82) is 0 Å². The summed E-state index contributed by atoms with van der Waals surface area (Å²) in [6, 6.07) is 6.21. The Morgan fingerprint density at radius 1 is 1.28 bits per heavy atom. The van der Waals surface area contributed by atoms with Crippen LogP contribution in [0.2, 0.25) is 0 Å². The predicted molar refractivity (Wildman–Crippen MR) is 74.4 cm³/mol. The van der Waals surface area contributed by atoms with Gasteiger partial charge in [-0.3, -0.25) is 9.88 Å². The molecule has 1 heterocycles. The van der Waals surface area contributed by atoms with Crippen molar-refractivity contribution in [3.8, 4) is 0 Å². The molecular weight excluding hydrogens is 226 g/mol. The third kappa shape index (κ3) is 5.58. The highest BCUT2D eigenvalue weighted by atomic mass is 16.5. The fourth-order valence-electron chi connectivity index (χ4n) is 1.81. The van der Waals surface area contributed by atoms with Gasteiger partial charge in [0, 0.05) is 26.2 Å². The van der Waals surface area contributed by atoms with Crippen LogP contribution in [-0.2, 0) is 17.8 Å². The summed E-state index contributed by atoms with van der Waals surface area (Å²) in [6.07, 6.45) is 0. The highest BCUT2D eigenvalue weighted by Gasteiger charge is 2.05. The van der Waals surface area contributed by atoms with Crippen molar-refractivity contribution in [2.45, 2.75) is 26.9 Å². The van der Waals surface area contributed by atoms with Gasteiger partial charge in [-0.15, -0.1) is 0 Å². The summed E-state index contributed by atoms with van der Waals surface area (Å²) < 4.78 is 5.39. The first kappa shape index (κ1) is 15.1. The lowest BCUT2D eigenvalue weighted by molar-refractivity contribution is 0.112. The number of pyridine rings is 1. The van der Waals surface area contributed by atoms with Crippen molar-refractivity contribution in [2.75, 3.05) is 33.4 Å². The van der Waals surface area contributed by atoms with Gasteiger partial charge in [0.15, 0.2) is 0 Å². The molecule has 1 N–H and O–H groups in total. The third-order valence-corrected chi connectivity index (χ3v) is 2.81. The number of aromatic nitrogens is 1. The van der Waals surface area contributed by atoms with Crippen LogP contribution in [-0.4, -0.2) is 43.2 Å². The van der Waals surface area contributed by atoms with E-state index in [0.717, 1.165) is 50.8 Å². The number of nitrogens with one attached hydrogen (secondary N) is 1. The van der Waals surface area contributed by atoms with Gasteiger partial charge < -0.3 is 10.1 Å². The van der Waals surface area contributed by atoms with Gasteiger partial charge in [0.05, 0.1) is 18.0 Å². The van der Waals surface area contributed by atoms with Crippen molar-refractivity contribution >= 4 is 0 Å². The predicted octanol–water partition coefficient (Wildman–Crippen LogP) is 1.66. The molecule has 1 rings (SSSR count). The highest BCUT2D eigenvalue weighted by Crippen LogP contribution is 2.04. The molecule has 0 bridgehead atoms. The number of rotatable bonds is 9. The summed E-state index contributed by atoms with van der Waals surface area (Å²) in [5.41, 5.74) is 2.22. The molecule has 1 aromatic rings. The molecule has 0 amide bonds. The van der Waals surface area contributed by atoms with Gasteiger partial charge in [0.25, 0.3) is 0 Å². The Balaban J connectivity index is 2.49. The van der Waals surface area contributed by atoms with Gasteiger partial charge in [-0.1, -0.05) is 13.0 Å². The monoisotopic (exact) mass is 251 g/mol. The lowest BCUT2D eigenvalue weighted by atomic mass is 10.3. The van der Waals surface area contributed by atoms with Gasteiger partial charge >= 0.3 is 0 Å². The lowest BCUT2D eigenvalue weighted by Gasteiger charge is -2.20. The number of hydrogen-bond donors (Lipinski definition) is 1. The normalized spacial score (nSPS) is 11.1. The largest absolute Gasteiger partial charge is 0.380 e. The van der Waals surface area contributed by atoms with Crippen LogP contribution in [0.5, 0.6) is 0 Å². The van der Waals surface area contributed by atoms with Crippen molar-refractivity contribution in [3.63, 3.8) is 0 Å². The minimum atomic E-state index is 0.785. The standard InChI is InChI=1S/C14H25N3O/c1-4-17(9-10-18-5-2)12-14-8-6-7-13(16-14)11-15-3/h6-8,15H,4-5,9-12H2,1-3H3. The van der Waals surface area contributed by atoms with E-state index in [1.165, 1.54) is 0 Å². The Bertz CT molecular complexity index is 331. The molecule has 4 heteroatoms. The second kappa shape index (κ2) is 9.03. The maximum Gasteiger partial charge on any atom is 0.0593 e. The molecule has 18 heavy (non-hydrogen) atoms. The molecule has 0 aliphatic carbocycles. The quantitative estimate of drug-likeness (QED) is 0.677. The van der Waals surface area contributed by atoms with Crippen molar-refractivity contribution in [3.05, 3.63) is 29.6 Å². The fraction of sp³-hybridized carbons (Fsp3) is 0.643. The van der Waals surface area contributed by atoms with Crippen LogP contribution in [0.15, 0.2) is 18.2 Å². The number of likely N-dealkylation sites (N-methyl/N-ethyl adjacent to an activating group) is 1. The van der Waals surface area contributed by atoms with E-state index in [4.69, 9.17) is 4.74 Å². The number of ether oxygens (including phenoxy) is 1. The zero-order chi connectivity index (χ0) is 13.2. The van der Waals surface area contributed by atoms with E-state index >= 15 is 0 Å². The van der Waals surface area contributed by atoms with Crippen LogP contribution in [0.4, 0.5) is 0 Å². The molecule has 0 fully saturated rings. The van der Waals surface area contributed by atoms with Crippen LogP contribution in [0.25, 0.3) is 0 Å². The Labute approximate surface area is 110 Å². The van der Waals surface area contributed by atoms with Crippen LogP contribution in [0.3, 0.4) is 0 Å². The van der Waals surface area contributed by atoms with E-state index in [2.05, 4.69) is 40.3 Å². The first-order chi connectivity index (χ1) is 8.80. The molecule has 0 saturated carbocycles. The summed E-state index contributed by atoms with van der Waals surface area (Å²) >= 11 is 0. The molecule has 1 aromatic heterocycles. The highest BCUT2D eigenvalue weighted by molar-refractivity contribution is 5.11. The topological polar surface area (TPSA) is 37.4 Å². The van der Waals surface area contributed by atoms with Gasteiger partial charge in [0.1, 0.15) is 0 Å². The molecule has 0 aliphatic rings. The Morgan fingerprint density at radius 3 is 2.72 bits per heavy atom. The van der Waals surface area contributed by atoms with Gasteiger partial charge in [-0.25, -0.2) is 0 Å². The summed E-state index contributed by atoms with van der Waals surface area (Å²) in [4.78, 5) is 6.98. The van der Waals surface area contributed by atoms with Gasteiger partial charge in [0.2, 0.25) is 0 Å². The molecule has 0 spiro atoms. The van der Waals surface area contributed by atoms with E-state index in [1.54, 1.807) is 0 Å². The van der Waals surface area contributed by atoms with E-state index in [-0.39, 0.29) is 0 Å². The SMILES string of the molecule is CCOCCN(CC)Cc1cccc(CNC)n1. The van der Waals surface area contributed by atoms with Crippen LogP contribution in [0, 0.1) is 0 Å². The molecule has 0 aliphatic heterocycles. The zero-order valence-corrected chi connectivity index (χ0v) is 11.8. The number of hydrogen-bond acceptors (Lipinski definition) is 4. The second-order valence-corrected chi connectivity index (χ2v) is 4.22. The average molecular weight is 251 g/mol. The lowest BCUT2D eigenvalue weighted by Crippen LogP contribution is -2.27. The summed E-state index contributed by atoms with van der Waals surface area (Å²) in [5, 5.41) is 3.12. The molecular formula is C14H25N3O. The average Bonchev–Trinajstić information content (AvgIpc) is 2.38.